The maximum absolute atomic E-state index is 11.0. The molecule has 1 aliphatic heterocycles. The second-order valence-electron chi connectivity index (χ2n) is 7.37. The lowest BCUT2D eigenvalue weighted by molar-refractivity contribution is -0.124. The average molecular weight is 390 g/mol. The van der Waals surface area contributed by atoms with Crippen molar-refractivity contribution in [3.05, 3.63) is 76.5 Å². The number of rotatable bonds is 7. The van der Waals surface area contributed by atoms with Crippen molar-refractivity contribution in [2.75, 3.05) is 13.1 Å². The van der Waals surface area contributed by atoms with Crippen molar-refractivity contribution >= 4 is 22.9 Å². The van der Waals surface area contributed by atoms with E-state index in [9.17, 15) is 4.79 Å². The molecule has 0 radical (unpaired) electrons. The van der Waals surface area contributed by atoms with Crippen LogP contribution in [0.25, 0.3) is 17.0 Å². The van der Waals surface area contributed by atoms with Crippen molar-refractivity contribution in [1.29, 1.82) is 0 Å². The molecule has 0 saturated heterocycles. The molecule has 0 fully saturated rings. The van der Waals surface area contributed by atoms with Gasteiger partial charge in [-0.05, 0) is 66.4 Å². The first-order valence-corrected chi connectivity index (χ1v) is 9.98. The summed E-state index contributed by atoms with van der Waals surface area (Å²) in [5, 5.41) is 16.8. The van der Waals surface area contributed by atoms with E-state index in [4.69, 9.17) is 5.21 Å². The summed E-state index contributed by atoms with van der Waals surface area (Å²) in [5.74, 6) is -0.536. The highest BCUT2D eigenvalue weighted by Gasteiger charge is 2.14. The minimum Gasteiger partial charge on any atom is -0.357 e. The van der Waals surface area contributed by atoms with E-state index in [1.807, 2.05) is 24.3 Å². The Bertz CT molecular complexity index is 1020. The average Bonchev–Trinajstić information content (AvgIpc) is 3.14. The largest absolute Gasteiger partial charge is 0.357 e. The molecule has 4 rings (SSSR count). The van der Waals surface area contributed by atoms with E-state index >= 15 is 0 Å². The van der Waals surface area contributed by atoms with E-state index in [2.05, 4.69) is 33.8 Å². The van der Waals surface area contributed by atoms with Gasteiger partial charge in [-0.1, -0.05) is 30.3 Å². The summed E-state index contributed by atoms with van der Waals surface area (Å²) in [5.41, 5.74) is 9.07. The van der Waals surface area contributed by atoms with Gasteiger partial charge in [-0.25, -0.2) is 5.48 Å². The molecule has 0 unspecified atom stereocenters. The van der Waals surface area contributed by atoms with E-state index in [0.29, 0.717) is 0 Å². The zero-order valence-corrected chi connectivity index (χ0v) is 16.3. The molecule has 2 aromatic carbocycles. The molecule has 150 valence electrons. The number of aromatic nitrogens is 1. The Morgan fingerprint density at radius 1 is 1.14 bits per heavy atom. The highest BCUT2D eigenvalue weighted by atomic mass is 16.5. The first-order valence-electron chi connectivity index (χ1n) is 9.98. The first kappa shape index (κ1) is 19.4. The number of benzene rings is 2. The van der Waals surface area contributed by atoms with Gasteiger partial charge >= 0.3 is 0 Å². The second kappa shape index (κ2) is 9.05. The molecule has 3 aromatic rings. The number of hydrogen-bond donors (Lipinski definition) is 5. The third-order valence-corrected chi connectivity index (χ3v) is 5.35. The van der Waals surface area contributed by atoms with Gasteiger partial charge in [-0.15, -0.1) is 0 Å². The van der Waals surface area contributed by atoms with E-state index < -0.39 is 5.91 Å². The number of hydrogen-bond acceptors (Lipinski definition) is 4. The second-order valence-corrected chi connectivity index (χ2v) is 7.37. The van der Waals surface area contributed by atoms with Crippen molar-refractivity contribution in [3.8, 4) is 0 Å². The van der Waals surface area contributed by atoms with Crippen LogP contribution in [-0.2, 0) is 30.7 Å². The van der Waals surface area contributed by atoms with E-state index in [1.54, 1.807) is 11.6 Å². The number of H-pyrrole nitrogens is 1. The standard InChI is InChI=1S/C23H26N4O2/c28-23(27-29)8-6-16-1-3-18(4-2-16)14-24-11-9-17-5-7-21-20(13-17)19-10-12-25-15-22(19)26-21/h1-8,13,24-26,29H,9-12,14-15H2,(H,27,28)/b8-6+. The van der Waals surface area contributed by atoms with E-state index in [0.717, 1.165) is 44.6 Å². The molecule has 0 atom stereocenters. The Balaban J connectivity index is 1.29. The fraction of sp³-hybridized carbons (Fsp3) is 0.261. The normalized spacial score (nSPS) is 13.7. The van der Waals surface area contributed by atoms with Crippen molar-refractivity contribution in [2.24, 2.45) is 0 Å². The fourth-order valence-corrected chi connectivity index (χ4v) is 3.79. The summed E-state index contributed by atoms with van der Waals surface area (Å²) in [4.78, 5) is 14.5. The van der Waals surface area contributed by atoms with Crippen molar-refractivity contribution in [1.82, 2.24) is 21.1 Å². The Morgan fingerprint density at radius 3 is 2.79 bits per heavy atom. The van der Waals surface area contributed by atoms with Gasteiger partial charge in [0.15, 0.2) is 0 Å². The molecule has 6 nitrogen and oxygen atoms in total. The third kappa shape index (κ3) is 4.74. The summed E-state index contributed by atoms with van der Waals surface area (Å²) in [6.45, 7) is 3.70. The Morgan fingerprint density at radius 2 is 1.97 bits per heavy atom. The van der Waals surface area contributed by atoms with E-state index in [1.165, 1.54) is 39.4 Å². The number of hydroxylamine groups is 1. The minimum absolute atomic E-state index is 0.536. The molecule has 0 saturated carbocycles. The molecule has 6 heteroatoms. The van der Waals surface area contributed by atoms with Gasteiger partial charge in [0, 0.05) is 35.8 Å². The third-order valence-electron chi connectivity index (χ3n) is 5.35. The first-order chi connectivity index (χ1) is 14.2. The van der Waals surface area contributed by atoms with Crippen LogP contribution in [0.2, 0.25) is 0 Å². The fourth-order valence-electron chi connectivity index (χ4n) is 3.79. The monoisotopic (exact) mass is 390 g/mol. The lowest BCUT2D eigenvalue weighted by Crippen LogP contribution is -2.23. The van der Waals surface area contributed by atoms with Crippen LogP contribution in [-0.4, -0.2) is 29.2 Å². The van der Waals surface area contributed by atoms with Gasteiger partial charge in [0.2, 0.25) is 0 Å². The van der Waals surface area contributed by atoms with Crippen LogP contribution in [0.15, 0.2) is 48.5 Å². The van der Waals surface area contributed by atoms with E-state index in [-0.39, 0.29) is 0 Å². The Kier molecular flexibility index (Phi) is 6.05. The highest BCUT2D eigenvalue weighted by Crippen LogP contribution is 2.26. The van der Waals surface area contributed by atoms with Crippen LogP contribution in [0, 0.1) is 0 Å². The zero-order chi connectivity index (χ0) is 20.1. The minimum atomic E-state index is -0.536. The van der Waals surface area contributed by atoms with Crippen molar-refractivity contribution < 1.29 is 10.0 Å². The predicted octanol–water partition coefficient (Wildman–Crippen LogP) is 2.66. The van der Waals surface area contributed by atoms with Crippen LogP contribution in [0.1, 0.15) is 27.9 Å². The molecule has 1 aliphatic rings. The lowest BCUT2D eigenvalue weighted by Gasteiger charge is -2.12. The van der Waals surface area contributed by atoms with Crippen LogP contribution in [0.4, 0.5) is 0 Å². The van der Waals surface area contributed by atoms with Gasteiger partial charge in [-0.3, -0.25) is 10.0 Å². The lowest BCUT2D eigenvalue weighted by atomic mass is 10.0. The maximum atomic E-state index is 11.0. The predicted molar refractivity (Wildman–Crippen MR) is 115 cm³/mol. The molecule has 1 amide bonds. The maximum Gasteiger partial charge on any atom is 0.267 e. The molecular formula is C23H26N4O2. The summed E-state index contributed by atoms with van der Waals surface area (Å²) < 4.78 is 0. The van der Waals surface area contributed by atoms with Gasteiger partial charge in [0.25, 0.3) is 5.91 Å². The van der Waals surface area contributed by atoms with Crippen LogP contribution in [0.5, 0.6) is 0 Å². The molecule has 0 aliphatic carbocycles. The van der Waals surface area contributed by atoms with Gasteiger partial charge in [0.1, 0.15) is 0 Å². The number of fused-ring (bicyclic) bond motifs is 3. The molecule has 5 N–H and O–H groups in total. The number of nitrogens with one attached hydrogen (secondary N) is 4. The highest BCUT2D eigenvalue weighted by molar-refractivity contribution is 5.90. The van der Waals surface area contributed by atoms with Crippen LogP contribution < -0.4 is 16.1 Å². The van der Waals surface area contributed by atoms with Gasteiger partial charge in [0.05, 0.1) is 0 Å². The summed E-state index contributed by atoms with van der Waals surface area (Å²) in [6, 6.07) is 14.7. The topological polar surface area (TPSA) is 89.2 Å². The molecule has 0 spiro atoms. The Hall–Kier alpha value is -2.93. The molecule has 0 bridgehead atoms. The molecule has 2 heterocycles. The van der Waals surface area contributed by atoms with Crippen LogP contribution >= 0.6 is 0 Å². The summed E-state index contributed by atoms with van der Waals surface area (Å²) in [7, 11) is 0. The SMILES string of the molecule is O=C(/C=C/c1ccc(CNCCc2ccc3[nH]c4c(c3c2)CCNC4)cc1)NO. The quantitative estimate of drug-likeness (QED) is 0.186. The smallest absolute Gasteiger partial charge is 0.267 e. The van der Waals surface area contributed by atoms with Gasteiger partial charge < -0.3 is 15.6 Å². The Labute approximate surface area is 170 Å². The van der Waals surface area contributed by atoms with Gasteiger partial charge in [-0.2, -0.15) is 0 Å². The summed E-state index contributed by atoms with van der Waals surface area (Å²) >= 11 is 0. The molecule has 29 heavy (non-hydrogen) atoms. The van der Waals surface area contributed by atoms with Crippen LogP contribution in [0.3, 0.4) is 0 Å². The van der Waals surface area contributed by atoms with Crippen molar-refractivity contribution in [3.63, 3.8) is 0 Å². The number of carbonyl (C=O) groups is 1. The molecule has 1 aromatic heterocycles. The number of amides is 1. The van der Waals surface area contributed by atoms with Crippen molar-refractivity contribution in [2.45, 2.75) is 25.9 Å². The zero-order valence-electron chi connectivity index (χ0n) is 16.3. The summed E-state index contributed by atoms with van der Waals surface area (Å²) in [6.07, 6.45) is 5.04. The molecular weight excluding hydrogens is 364 g/mol. The number of aromatic amines is 1. The number of carbonyl (C=O) groups excluding carboxylic acids is 1.